The molecule has 0 bridgehead atoms. The van der Waals surface area contributed by atoms with Crippen molar-refractivity contribution in [2.24, 2.45) is 0 Å². The molecule has 0 saturated carbocycles. The molecule has 10 aromatic rings. The van der Waals surface area contributed by atoms with Gasteiger partial charge in [-0.1, -0.05) is 182 Å². The van der Waals surface area contributed by atoms with Gasteiger partial charge in [0.2, 0.25) is 0 Å². The van der Waals surface area contributed by atoms with Crippen LogP contribution >= 0.6 is 0 Å². The molecule has 2 heterocycles. The van der Waals surface area contributed by atoms with Crippen molar-refractivity contribution in [3.63, 3.8) is 0 Å². The van der Waals surface area contributed by atoms with Crippen LogP contribution in [-0.2, 0) is 0 Å². The highest BCUT2D eigenvalue weighted by atomic mass is 16.1. The number of aromatic nitrogens is 1. The van der Waals surface area contributed by atoms with Gasteiger partial charge < -0.3 is 0 Å². The van der Waals surface area contributed by atoms with Gasteiger partial charge >= 0.3 is 0 Å². The fraction of sp³-hybridized carbons (Fsp3) is 0. The van der Waals surface area contributed by atoms with Crippen molar-refractivity contribution < 1.29 is 0 Å². The van der Waals surface area contributed by atoms with E-state index in [-0.39, 0.29) is 5.56 Å². The van der Waals surface area contributed by atoms with Gasteiger partial charge in [0.05, 0.1) is 16.6 Å². The first-order chi connectivity index (χ1) is 25.3. The van der Waals surface area contributed by atoms with E-state index in [1.807, 2.05) is 16.5 Å². The van der Waals surface area contributed by atoms with Crippen molar-refractivity contribution >= 4 is 48.6 Å². The molecule has 0 aliphatic rings. The fourth-order valence-electron chi connectivity index (χ4n) is 8.23. The smallest absolute Gasteiger partial charge is 0.264 e. The van der Waals surface area contributed by atoms with Crippen molar-refractivity contribution in [3.8, 4) is 44.6 Å². The molecule has 0 radical (unpaired) electrons. The number of nitrogens with zero attached hydrogens (tertiary/aromatic N) is 1. The molecule has 8 aromatic carbocycles. The fourth-order valence-corrected chi connectivity index (χ4v) is 8.23. The second-order valence-corrected chi connectivity index (χ2v) is 13.1. The van der Waals surface area contributed by atoms with Crippen LogP contribution in [0.1, 0.15) is 0 Å². The zero-order valence-electron chi connectivity index (χ0n) is 27.8. The van der Waals surface area contributed by atoms with Gasteiger partial charge in [0.25, 0.3) is 5.56 Å². The van der Waals surface area contributed by atoms with Gasteiger partial charge in [-0.15, -0.1) is 0 Å². The molecule has 2 nitrogen and oxygen atoms in total. The first-order valence-corrected chi connectivity index (χ1v) is 17.4. The Morgan fingerprint density at radius 2 is 0.843 bits per heavy atom. The number of hydrogen-bond acceptors (Lipinski definition) is 1. The van der Waals surface area contributed by atoms with Crippen LogP contribution in [0.3, 0.4) is 0 Å². The Kier molecular flexibility index (Phi) is 6.68. The van der Waals surface area contributed by atoms with Gasteiger partial charge in [0, 0.05) is 10.9 Å². The van der Waals surface area contributed by atoms with E-state index < -0.39 is 0 Å². The first kappa shape index (κ1) is 29.2. The van der Waals surface area contributed by atoms with Gasteiger partial charge in [0.1, 0.15) is 0 Å². The predicted octanol–water partition coefficient (Wildman–Crippen LogP) is 12.6. The zero-order chi connectivity index (χ0) is 33.9. The minimum absolute atomic E-state index is 0.0263. The molecule has 10 rings (SSSR count). The van der Waals surface area contributed by atoms with Gasteiger partial charge in [-0.3, -0.25) is 9.20 Å². The summed E-state index contributed by atoms with van der Waals surface area (Å²) in [5.74, 6) is 0. The number of hydrogen-bond donors (Lipinski definition) is 0. The van der Waals surface area contributed by atoms with Crippen LogP contribution in [0.2, 0.25) is 0 Å². The van der Waals surface area contributed by atoms with Crippen molar-refractivity contribution in [3.05, 3.63) is 198 Å². The summed E-state index contributed by atoms with van der Waals surface area (Å²) in [6, 6.07) is 65.8. The molecule has 0 saturated heterocycles. The third kappa shape index (κ3) is 4.47. The molecule has 0 N–H and O–H groups in total. The molecule has 51 heavy (non-hydrogen) atoms. The Labute approximate surface area is 295 Å². The average molecular weight is 650 g/mol. The van der Waals surface area contributed by atoms with E-state index in [2.05, 4.69) is 176 Å². The van der Waals surface area contributed by atoms with Crippen LogP contribution in [0.15, 0.2) is 193 Å². The van der Waals surface area contributed by atoms with Crippen molar-refractivity contribution in [1.29, 1.82) is 0 Å². The molecular formula is C49H31NO. The number of rotatable bonds is 4. The number of benzene rings is 8. The maximum atomic E-state index is 15.8. The normalized spacial score (nSPS) is 11.6. The van der Waals surface area contributed by atoms with Crippen LogP contribution in [-0.4, -0.2) is 4.40 Å². The summed E-state index contributed by atoms with van der Waals surface area (Å²) in [5, 5.41) is 8.14. The molecule has 0 unspecified atom stereocenters. The highest BCUT2D eigenvalue weighted by Gasteiger charge is 2.25. The molecule has 0 atom stereocenters. The topological polar surface area (TPSA) is 21.5 Å². The van der Waals surface area contributed by atoms with Gasteiger partial charge in [-0.05, 0) is 71.8 Å². The maximum absolute atomic E-state index is 15.8. The second-order valence-electron chi connectivity index (χ2n) is 13.1. The van der Waals surface area contributed by atoms with Crippen molar-refractivity contribution in [2.45, 2.75) is 0 Å². The summed E-state index contributed by atoms with van der Waals surface area (Å²) in [6.45, 7) is 0. The SMILES string of the molecule is O=c1c2c(cc3c4ccccc4c(-c4ccccc4)c(-c4ccccc4)n13)c(-c1cccc3ccccc13)c(-c1ccccc1)c1ccccc12. The summed E-state index contributed by atoms with van der Waals surface area (Å²) in [4.78, 5) is 15.8. The summed E-state index contributed by atoms with van der Waals surface area (Å²) >= 11 is 0. The molecule has 0 amide bonds. The monoisotopic (exact) mass is 649 g/mol. The molecule has 2 heteroatoms. The van der Waals surface area contributed by atoms with Crippen LogP contribution in [0.25, 0.3) is 93.2 Å². The van der Waals surface area contributed by atoms with E-state index in [0.29, 0.717) is 0 Å². The van der Waals surface area contributed by atoms with E-state index in [9.17, 15) is 0 Å². The number of pyridine rings is 2. The summed E-state index contributed by atoms with van der Waals surface area (Å²) < 4.78 is 1.99. The maximum Gasteiger partial charge on any atom is 0.264 e. The Morgan fingerprint density at radius 1 is 0.353 bits per heavy atom. The molecular weight excluding hydrogens is 619 g/mol. The molecule has 0 aliphatic carbocycles. The van der Waals surface area contributed by atoms with E-state index in [0.717, 1.165) is 93.2 Å². The van der Waals surface area contributed by atoms with E-state index >= 15 is 4.79 Å². The second kappa shape index (κ2) is 11.7. The Morgan fingerprint density at radius 3 is 1.51 bits per heavy atom. The quantitative estimate of drug-likeness (QED) is 0.137. The van der Waals surface area contributed by atoms with Crippen LogP contribution < -0.4 is 5.56 Å². The summed E-state index contributed by atoms with van der Waals surface area (Å²) in [5.41, 5.74) is 9.30. The molecule has 238 valence electrons. The van der Waals surface area contributed by atoms with Crippen molar-refractivity contribution in [2.75, 3.05) is 0 Å². The molecule has 0 aliphatic heterocycles. The lowest BCUT2D eigenvalue weighted by Gasteiger charge is -2.23. The Hall–Kier alpha value is -6.77. The zero-order valence-corrected chi connectivity index (χ0v) is 27.8. The third-order valence-corrected chi connectivity index (χ3v) is 10.4. The lowest BCUT2D eigenvalue weighted by molar-refractivity contribution is 1.14. The standard InChI is InChI=1S/C49H31NO/c51-49-47-41-29-15-14-28-40(41)44(33-18-4-1-5-19-33)46(38-30-16-24-32-17-10-11-25-36(32)38)42(47)31-43-37-26-12-13-27-39(37)45(34-20-6-2-7-21-34)48(50(43)49)35-22-8-3-9-23-35/h1-31H. The van der Waals surface area contributed by atoms with E-state index in [1.54, 1.807) is 0 Å². The largest absolute Gasteiger partial charge is 0.275 e. The van der Waals surface area contributed by atoms with E-state index in [4.69, 9.17) is 0 Å². The Bertz CT molecular complexity index is 3010. The Balaban J connectivity index is 1.52. The van der Waals surface area contributed by atoms with E-state index in [1.165, 1.54) is 0 Å². The minimum Gasteiger partial charge on any atom is -0.275 e. The minimum atomic E-state index is -0.0263. The van der Waals surface area contributed by atoms with Gasteiger partial charge in [-0.25, -0.2) is 0 Å². The average Bonchev–Trinajstić information content (AvgIpc) is 3.20. The van der Waals surface area contributed by atoms with Gasteiger partial charge in [-0.2, -0.15) is 0 Å². The summed E-state index contributed by atoms with van der Waals surface area (Å²) in [7, 11) is 0. The highest BCUT2D eigenvalue weighted by Crippen LogP contribution is 2.47. The van der Waals surface area contributed by atoms with Crippen LogP contribution in [0, 0.1) is 0 Å². The van der Waals surface area contributed by atoms with Crippen molar-refractivity contribution in [1.82, 2.24) is 4.40 Å². The van der Waals surface area contributed by atoms with Crippen LogP contribution in [0.4, 0.5) is 0 Å². The highest BCUT2D eigenvalue weighted by molar-refractivity contribution is 6.25. The molecule has 0 spiro atoms. The lowest BCUT2D eigenvalue weighted by atomic mass is 9.83. The molecule has 2 aromatic heterocycles. The third-order valence-electron chi connectivity index (χ3n) is 10.4. The first-order valence-electron chi connectivity index (χ1n) is 17.4. The number of fused-ring (bicyclic) bond motifs is 7. The summed E-state index contributed by atoms with van der Waals surface area (Å²) in [6.07, 6.45) is 0. The predicted molar refractivity (Wildman–Crippen MR) is 215 cm³/mol. The van der Waals surface area contributed by atoms with Crippen LogP contribution in [0.5, 0.6) is 0 Å². The molecule has 0 fully saturated rings. The van der Waals surface area contributed by atoms with Gasteiger partial charge in [0.15, 0.2) is 0 Å². The lowest BCUT2D eigenvalue weighted by Crippen LogP contribution is -2.18.